The number of ether oxygens (including phenoxy) is 6. The van der Waals surface area contributed by atoms with Crippen LogP contribution < -0.4 is 0 Å². The van der Waals surface area contributed by atoms with Gasteiger partial charge in [-0.1, -0.05) is 43.7 Å². The number of cyclic esters (lactones) is 1. The van der Waals surface area contributed by atoms with Crippen LogP contribution in [0.3, 0.4) is 0 Å². The Kier molecular flexibility index (Phi) is 16.5. The highest BCUT2D eigenvalue weighted by atomic mass is 16.7. The lowest BCUT2D eigenvalue weighted by molar-refractivity contribution is -0.304. The molecule has 2 aliphatic heterocycles. The largest absolute Gasteiger partial charge is 0.462 e. The third kappa shape index (κ3) is 12.1. The second kappa shape index (κ2) is 20.0. The minimum absolute atomic E-state index is 0.0332. The van der Waals surface area contributed by atoms with Gasteiger partial charge in [-0.2, -0.15) is 0 Å². The van der Waals surface area contributed by atoms with Crippen LogP contribution in [0.1, 0.15) is 90.6 Å². The highest BCUT2D eigenvalue weighted by molar-refractivity contribution is 5.91. The van der Waals surface area contributed by atoms with E-state index in [0.29, 0.717) is 25.8 Å². The first-order valence-electron chi connectivity index (χ1n) is 17.6. The molecular weight excluding hydrogens is 634 g/mol. The topological polar surface area (TPSA) is 158 Å². The molecule has 1 fully saturated rings. The Morgan fingerprint density at radius 2 is 1.82 bits per heavy atom. The molecular formula is C36H57N3O10. The molecule has 13 nitrogen and oxygen atoms in total. The molecule has 0 aliphatic carbocycles. The minimum Gasteiger partial charge on any atom is -0.462 e. The van der Waals surface area contributed by atoms with Crippen LogP contribution in [0.5, 0.6) is 0 Å². The predicted molar refractivity (Wildman–Crippen MR) is 180 cm³/mol. The summed E-state index contributed by atoms with van der Waals surface area (Å²) >= 11 is 0. The van der Waals surface area contributed by atoms with Gasteiger partial charge in [0.2, 0.25) is 0 Å². The molecule has 1 aromatic rings. The van der Waals surface area contributed by atoms with Crippen molar-refractivity contribution in [1.29, 1.82) is 0 Å². The average molecular weight is 692 g/mol. The van der Waals surface area contributed by atoms with Crippen molar-refractivity contribution >= 4 is 17.7 Å². The van der Waals surface area contributed by atoms with Crippen LogP contribution >= 0.6 is 0 Å². The van der Waals surface area contributed by atoms with E-state index in [-0.39, 0.29) is 60.8 Å². The molecule has 0 amide bonds. The monoisotopic (exact) mass is 691 g/mol. The number of carbonyl (C=O) groups is 3. The van der Waals surface area contributed by atoms with E-state index in [2.05, 4.69) is 17.2 Å². The Morgan fingerprint density at radius 1 is 1.08 bits per heavy atom. The minimum atomic E-state index is -0.883. The van der Waals surface area contributed by atoms with Gasteiger partial charge in [0, 0.05) is 39.0 Å². The molecule has 49 heavy (non-hydrogen) atoms. The van der Waals surface area contributed by atoms with Gasteiger partial charge >= 0.3 is 11.9 Å². The van der Waals surface area contributed by atoms with Crippen LogP contribution in [0.25, 0.3) is 0 Å². The molecule has 1 N–H and O–H groups in total. The number of aliphatic hydroxyl groups excluding tert-OH is 1. The third-order valence-electron chi connectivity index (χ3n) is 9.45. The predicted octanol–water partition coefficient (Wildman–Crippen LogP) is 4.47. The van der Waals surface area contributed by atoms with Crippen molar-refractivity contribution in [2.45, 2.75) is 123 Å². The maximum atomic E-state index is 13.3. The normalized spacial score (nSPS) is 34.1. The lowest BCUT2D eigenvalue weighted by Gasteiger charge is -2.42. The third-order valence-corrected chi connectivity index (χ3v) is 9.45. The van der Waals surface area contributed by atoms with Crippen LogP contribution in [0, 0.1) is 23.7 Å². The second-order valence-electron chi connectivity index (χ2n) is 13.4. The first-order valence-corrected chi connectivity index (χ1v) is 17.6. The zero-order valence-corrected chi connectivity index (χ0v) is 30.4. The van der Waals surface area contributed by atoms with Gasteiger partial charge in [-0.25, -0.2) is 4.79 Å². The van der Waals surface area contributed by atoms with Crippen LogP contribution in [-0.2, 0) is 44.6 Å². The maximum absolute atomic E-state index is 13.3. The summed E-state index contributed by atoms with van der Waals surface area (Å²) in [5, 5.41) is 18.6. The highest BCUT2D eigenvalue weighted by Gasteiger charge is 2.45. The van der Waals surface area contributed by atoms with Crippen molar-refractivity contribution in [2.75, 3.05) is 27.4 Å². The van der Waals surface area contributed by atoms with Gasteiger partial charge in [0.15, 0.2) is 17.8 Å². The molecule has 276 valence electrons. The van der Waals surface area contributed by atoms with Crippen molar-refractivity contribution < 1.29 is 47.9 Å². The number of methoxy groups -OCH3 is 2. The molecule has 3 rings (SSSR count). The van der Waals surface area contributed by atoms with E-state index in [4.69, 9.17) is 28.4 Å². The van der Waals surface area contributed by atoms with Gasteiger partial charge in [-0.05, 0) is 70.8 Å². The van der Waals surface area contributed by atoms with Crippen molar-refractivity contribution in [3.05, 3.63) is 35.7 Å². The number of hydrogen-bond donors (Lipinski definition) is 1. The van der Waals surface area contributed by atoms with Crippen molar-refractivity contribution in [3.8, 4) is 0 Å². The van der Waals surface area contributed by atoms with Gasteiger partial charge in [-0.3, -0.25) is 14.3 Å². The number of aryl methyl sites for hydroxylation is 1. The fraction of sp³-hybridized carbons (Fsp3) is 0.750. The Morgan fingerprint density at radius 3 is 2.49 bits per heavy atom. The Bertz CT molecular complexity index is 1270. The molecule has 0 spiro atoms. The number of aromatic nitrogens is 3. The number of carbonyl (C=O) groups excluding carboxylic acids is 3. The average Bonchev–Trinajstić information content (AvgIpc) is 3.56. The number of rotatable bonds is 11. The molecule has 0 radical (unpaired) electrons. The Labute approximate surface area is 290 Å². The fourth-order valence-corrected chi connectivity index (χ4v) is 6.60. The van der Waals surface area contributed by atoms with E-state index in [1.165, 1.54) is 14.2 Å². The molecule has 13 heteroatoms. The van der Waals surface area contributed by atoms with Crippen molar-refractivity contribution in [1.82, 2.24) is 15.0 Å². The number of hydrogen-bond acceptors (Lipinski definition) is 12. The molecule has 10 atom stereocenters. The summed E-state index contributed by atoms with van der Waals surface area (Å²) in [4.78, 5) is 38.5. The SMILES string of the molecule is CCOC(=O)c1cn(CC[C@@H]2C[C@@H](C)CCC(=O)O[C@H](CC)[C@@H](CO[C@@H]3OC(C)[C@@H](O)[C@H](OC)C3OC)/C=C(C)/C=C/C(=O)[C@H](C)C2)nn1. The highest BCUT2D eigenvalue weighted by Crippen LogP contribution is 2.30. The molecule has 2 unspecified atom stereocenters. The number of esters is 2. The summed E-state index contributed by atoms with van der Waals surface area (Å²) in [6.07, 6.45) is 6.63. The maximum Gasteiger partial charge on any atom is 0.360 e. The van der Waals surface area contributed by atoms with E-state index in [0.717, 1.165) is 18.4 Å². The lowest BCUT2D eigenvalue weighted by Crippen LogP contribution is -2.59. The quantitative estimate of drug-likeness (QED) is 0.325. The van der Waals surface area contributed by atoms with Gasteiger partial charge in [-0.15, -0.1) is 5.10 Å². The zero-order valence-electron chi connectivity index (χ0n) is 30.4. The van der Waals surface area contributed by atoms with Crippen LogP contribution in [0.2, 0.25) is 0 Å². The molecule has 0 bridgehead atoms. The summed E-state index contributed by atoms with van der Waals surface area (Å²) in [6, 6.07) is 0. The molecule has 0 saturated carbocycles. The van der Waals surface area contributed by atoms with Gasteiger partial charge in [0.05, 0.1) is 25.5 Å². The standard InChI is InChI=1S/C36H57N3O10/c1-9-30-27(21-47-36-34(45-8)33(44-7)32(42)25(6)48-36)18-23(4)11-13-29(40)24(5)19-26(17-22(3)12-14-31(41)49-30)15-16-39-20-28(37-38-39)35(43)46-10-2/h11,13,18,20,22,24-27,30,32-34,36,42H,9-10,12,14-17,19,21H2,1-8H3/b13-11+,23-18+/t22-,24+,25?,26+,27+,30+,32+,33-,34?,36+/m0/s1. The van der Waals surface area contributed by atoms with E-state index in [9.17, 15) is 19.5 Å². The molecule has 3 heterocycles. The van der Waals surface area contributed by atoms with Crippen molar-refractivity contribution in [2.24, 2.45) is 23.7 Å². The summed E-state index contributed by atoms with van der Waals surface area (Å²) in [5.74, 6) is -0.915. The number of ketones is 1. The summed E-state index contributed by atoms with van der Waals surface area (Å²) in [7, 11) is 3.02. The first kappa shape index (κ1) is 40.5. The first-order chi connectivity index (χ1) is 23.4. The lowest BCUT2D eigenvalue weighted by atomic mass is 9.83. The Hall–Kier alpha value is -2.97. The van der Waals surface area contributed by atoms with Crippen LogP contribution in [0.15, 0.2) is 30.0 Å². The summed E-state index contributed by atoms with van der Waals surface area (Å²) < 4.78 is 36.0. The summed E-state index contributed by atoms with van der Waals surface area (Å²) in [5.41, 5.74) is 0.995. The fourth-order valence-electron chi connectivity index (χ4n) is 6.60. The molecule has 2 aliphatic rings. The summed E-state index contributed by atoms with van der Waals surface area (Å²) in [6.45, 7) is 12.4. The van der Waals surface area contributed by atoms with Gasteiger partial charge < -0.3 is 33.5 Å². The van der Waals surface area contributed by atoms with Gasteiger partial charge in [0.25, 0.3) is 0 Å². The van der Waals surface area contributed by atoms with E-state index in [1.807, 2.05) is 26.8 Å². The zero-order chi connectivity index (χ0) is 36.1. The molecule has 1 saturated heterocycles. The molecule has 1 aromatic heterocycles. The number of allylic oxidation sites excluding steroid dienone is 3. The Balaban J connectivity index is 1.77. The van der Waals surface area contributed by atoms with E-state index < -0.39 is 42.8 Å². The van der Waals surface area contributed by atoms with E-state index >= 15 is 0 Å². The van der Waals surface area contributed by atoms with Gasteiger partial charge in [0.1, 0.15) is 24.4 Å². The smallest absolute Gasteiger partial charge is 0.360 e. The van der Waals surface area contributed by atoms with Crippen molar-refractivity contribution in [3.63, 3.8) is 0 Å². The van der Waals surface area contributed by atoms with Crippen LogP contribution in [0.4, 0.5) is 0 Å². The number of aliphatic hydroxyl groups is 1. The second-order valence-corrected chi connectivity index (χ2v) is 13.4. The molecule has 0 aromatic carbocycles. The van der Waals surface area contributed by atoms with E-state index in [1.54, 1.807) is 36.9 Å². The van der Waals surface area contributed by atoms with Crippen LogP contribution in [-0.4, -0.2) is 102 Å². The number of nitrogens with zero attached hydrogens (tertiary/aromatic N) is 3.